The number of rotatable bonds is 5. The van der Waals surface area contributed by atoms with Crippen LogP contribution in [0.2, 0.25) is 0 Å². The summed E-state index contributed by atoms with van der Waals surface area (Å²) < 4.78 is 6.09. The molecular formula is C20H27N3O2S. The number of hydrogen-bond donors (Lipinski definition) is 1. The summed E-state index contributed by atoms with van der Waals surface area (Å²) in [7, 11) is 0. The van der Waals surface area contributed by atoms with Crippen LogP contribution in [0.1, 0.15) is 71.5 Å². The van der Waals surface area contributed by atoms with Crippen LogP contribution in [0.4, 0.5) is 0 Å². The van der Waals surface area contributed by atoms with E-state index in [1.54, 1.807) is 6.20 Å². The van der Waals surface area contributed by atoms with Crippen LogP contribution in [0.25, 0.3) is 0 Å². The molecule has 1 aliphatic rings. The number of thiazole rings is 1. The van der Waals surface area contributed by atoms with Crippen LogP contribution in [-0.4, -0.2) is 28.0 Å². The minimum Gasteiger partial charge on any atom is -0.489 e. The van der Waals surface area contributed by atoms with Gasteiger partial charge in [-0.15, -0.1) is 11.3 Å². The third-order valence-corrected chi connectivity index (χ3v) is 6.23. The molecule has 26 heavy (non-hydrogen) atoms. The van der Waals surface area contributed by atoms with E-state index in [2.05, 4.69) is 29.1 Å². The lowest BCUT2D eigenvalue weighted by atomic mass is 9.93. The fourth-order valence-corrected chi connectivity index (χ4v) is 4.20. The second-order valence-corrected chi connectivity index (χ2v) is 8.30. The average molecular weight is 374 g/mol. The average Bonchev–Trinajstić information content (AvgIpc) is 3.01. The van der Waals surface area contributed by atoms with E-state index >= 15 is 0 Å². The molecular weight excluding hydrogens is 346 g/mol. The van der Waals surface area contributed by atoms with Crippen molar-refractivity contribution in [1.82, 2.24) is 15.3 Å². The molecule has 0 radical (unpaired) electrons. The predicted octanol–water partition coefficient (Wildman–Crippen LogP) is 4.40. The molecule has 2 aromatic heterocycles. The fourth-order valence-electron chi connectivity index (χ4n) is 3.22. The Morgan fingerprint density at radius 2 is 1.96 bits per heavy atom. The molecule has 1 N–H and O–H groups in total. The number of nitrogens with one attached hydrogen (secondary N) is 1. The fraction of sp³-hybridized carbons (Fsp3) is 0.550. The van der Waals surface area contributed by atoms with Crippen LogP contribution in [0.3, 0.4) is 0 Å². The molecule has 0 unspecified atom stereocenters. The van der Waals surface area contributed by atoms with Gasteiger partial charge in [-0.2, -0.15) is 0 Å². The molecule has 0 bridgehead atoms. The largest absolute Gasteiger partial charge is 0.489 e. The predicted molar refractivity (Wildman–Crippen MR) is 104 cm³/mol. The van der Waals surface area contributed by atoms with Gasteiger partial charge < -0.3 is 10.1 Å². The van der Waals surface area contributed by atoms with Gasteiger partial charge in [-0.25, -0.2) is 4.98 Å². The standard InChI is InChI=1S/C20H27N3O2S/c1-12(2)20-22-14(4)18(26-20)19(24)23-15-7-9-16(10-8-15)25-17-6-5-11-21-13(17)3/h5-6,11-12,15-16H,7-10H2,1-4H3,(H,23,24). The Bertz CT molecular complexity index is 764. The highest BCUT2D eigenvalue weighted by molar-refractivity contribution is 7.13. The maximum absolute atomic E-state index is 12.6. The van der Waals surface area contributed by atoms with Gasteiger partial charge in [0, 0.05) is 18.2 Å². The van der Waals surface area contributed by atoms with Gasteiger partial charge in [0.25, 0.3) is 5.91 Å². The van der Waals surface area contributed by atoms with E-state index < -0.39 is 0 Å². The Hall–Kier alpha value is -1.95. The summed E-state index contributed by atoms with van der Waals surface area (Å²) in [6, 6.07) is 4.08. The smallest absolute Gasteiger partial charge is 0.263 e. The van der Waals surface area contributed by atoms with E-state index in [0.29, 0.717) is 5.92 Å². The molecule has 1 saturated carbocycles. The number of ether oxygens (including phenoxy) is 1. The van der Waals surface area contributed by atoms with Crippen molar-refractivity contribution in [2.45, 2.75) is 71.4 Å². The lowest BCUT2D eigenvalue weighted by Gasteiger charge is -2.29. The molecule has 1 amide bonds. The van der Waals surface area contributed by atoms with E-state index in [1.165, 1.54) is 11.3 Å². The van der Waals surface area contributed by atoms with E-state index in [1.807, 2.05) is 26.0 Å². The molecule has 2 aromatic rings. The first-order chi connectivity index (χ1) is 12.4. The van der Waals surface area contributed by atoms with Crippen molar-refractivity contribution >= 4 is 17.2 Å². The molecule has 0 spiro atoms. The second-order valence-electron chi connectivity index (χ2n) is 7.27. The van der Waals surface area contributed by atoms with Crippen molar-refractivity contribution in [3.05, 3.63) is 39.6 Å². The SMILES string of the molecule is Cc1ncccc1OC1CCC(NC(=O)c2sc(C(C)C)nc2C)CC1. The van der Waals surface area contributed by atoms with Crippen molar-refractivity contribution in [3.8, 4) is 5.75 Å². The Morgan fingerprint density at radius 3 is 2.58 bits per heavy atom. The zero-order valence-electron chi connectivity index (χ0n) is 15.9. The zero-order valence-corrected chi connectivity index (χ0v) is 16.7. The summed E-state index contributed by atoms with van der Waals surface area (Å²) in [5.74, 6) is 1.23. The second kappa shape index (κ2) is 8.16. The molecule has 0 aliphatic heterocycles. The van der Waals surface area contributed by atoms with Crippen molar-refractivity contribution in [3.63, 3.8) is 0 Å². The lowest BCUT2D eigenvalue weighted by molar-refractivity contribution is 0.0896. The van der Waals surface area contributed by atoms with E-state index in [9.17, 15) is 4.79 Å². The molecule has 140 valence electrons. The van der Waals surface area contributed by atoms with Gasteiger partial charge in [0.15, 0.2) is 0 Å². The Kier molecular flexibility index (Phi) is 5.91. The summed E-state index contributed by atoms with van der Waals surface area (Å²) in [5, 5.41) is 4.21. The molecule has 1 aliphatic carbocycles. The van der Waals surface area contributed by atoms with Crippen LogP contribution < -0.4 is 10.1 Å². The summed E-state index contributed by atoms with van der Waals surface area (Å²) in [5.41, 5.74) is 1.75. The maximum atomic E-state index is 12.6. The first kappa shape index (κ1) is 18.8. The highest BCUT2D eigenvalue weighted by atomic mass is 32.1. The third kappa shape index (κ3) is 4.41. The third-order valence-electron chi connectivity index (χ3n) is 4.77. The highest BCUT2D eigenvalue weighted by Gasteiger charge is 2.26. The number of aryl methyl sites for hydroxylation is 2. The molecule has 6 heteroatoms. The zero-order chi connectivity index (χ0) is 18.7. The van der Waals surface area contributed by atoms with Crippen LogP contribution in [-0.2, 0) is 0 Å². The number of carbonyl (C=O) groups excluding carboxylic acids is 1. The van der Waals surface area contributed by atoms with Crippen molar-refractivity contribution in [1.29, 1.82) is 0 Å². The Labute approximate surface area is 159 Å². The lowest BCUT2D eigenvalue weighted by Crippen LogP contribution is -2.39. The molecule has 0 saturated heterocycles. The topological polar surface area (TPSA) is 64.1 Å². The summed E-state index contributed by atoms with van der Waals surface area (Å²) in [6.07, 6.45) is 5.73. The van der Waals surface area contributed by atoms with Crippen molar-refractivity contribution < 1.29 is 9.53 Å². The van der Waals surface area contributed by atoms with Gasteiger partial charge in [-0.1, -0.05) is 13.8 Å². The first-order valence-corrected chi connectivity index (χ1v) is 10.1. The quantitative estimate of drug-likeness (QED) is 0.844. The van der Waals surface area contributed by atoms with Gasteiger partial charge >= 0.3 is 0 Å². The van der Waals surface area contributed by atoms with Gasteiger partial charge in [0.1, 0.15) is 10.6 Å². The van der Waals surface area contributed by atoms with Gasteiger partial charge in [-0.05, 0) is 51.7 Å². The number of pyridine rings is 1. The molecule has 1 fully saturated rings. The molecule has 0 atom stereocenters. The molecule has 3 rings (SSSR count). The number of amides is 1. The molecule has 0 aromatic carbocycles. The Morgan fingerprint density at radius 1 is 1.23 bits per heavy atom. The minimum absolute atomic E-state index is 0.0133. The molecule has 5 nitrogen and oxygen atoms in total. The van der Waals surface area contributed by atoms with Crippen LogP contribution in [0.15, 0.2) is 18.3 Å². The summed E-state index contributed by atoms with van der Waals surface area (Å²) in [4.78, 5) is 22.1. The Balaban J connectivity index is 1.52. The number of aromatic nitrogens is 2. The van der Waals surface area contributed by atoms with Crippen LogP contribution in [0, 0.1) is 13.8 Å². The van der Waals surface area contributed by atoms with Crippen molar-refractivity contribution in [2.75, 3.05) is 0 Å². The monoisotopic (exact) mass is 373 g/mol. The van der Waals surface area contributed by atoms with Crippen molar-refractivity contribution in [2.24, 2.45) is 0 Å². The highest BCUT2D eigenvalue weighted by Crippen LogP contribution is 2.27. The maximum Gasteiger partial charge on any atom is 0.263 e. The number of nitrogens with zero attached hydrogens (tertiary/aromatic N) is 2. The first-order valence-electron chi connectivity index (χ1n) is 9.30. The van der Waals surface area contributed by atoms with E-state index in [4.69, 9.17) is 4.74 Å². The van der Waals surface area contributed by atoms with E-state index in [-0.39, 0.29) is 18.1 Å². The number of carbonyl (C=O) groups is 1. The molecule has 2 heterocycles. The minimum atomic E-state index is 0.0133. The van der Waals surface area contributed by atoms with Crippen LogP contribution in [0.5, 0.6) is 5.75 Å². The van der Waals surface area contributed by atoms with Gasteiger partial charge in [0.05, 0.1) is 22.5 Å². The van der Waals surface area contributed by atoms with Crippen LogP contribution >= 0.6 is 11.3 Å². The van der Waals surface area contributed by atoms with E-state index in [0.717, 1.165) is 52.7 Å². The summed E-state index contributed by atoms with van der Waals surface area (Å²) in [6.45, 7) is 8.08. The summed E-state index contributed by atoms with van der Waals surface area (Å²) >= 11 is 1.51. The van der Waals surface area contributed by atoms with Gasteiger partial charge in [-0.3, -0.25) is 9.78 Å². The number of hydrogen-bond acceptors (Lipinski definition) is 5. The normalized spacial score (nSPS) is 20.2. The van der Waals surface area contributed by atoms with Gasteiger partial charge in [0.2, 0.25) is 0 Å².